The summed E-state index contributed by atoms with van der Waals surface area (Å²) in [6, 6.07) is -1.69. The zero-order valence-corrected chi connectivity index (χ0v) is 10.8. The molecule has 0 spiro atoms. The molecule has 6 nitrogen and oxygen atoms in total. The number of urea groups is 1. The van der Waals surface area contributed by atoms with Crippen molar-refractivity contribution in [2.24, 2.45) is 11.8 Å². The largest absolute Gasteiger partial charge is 0.480 e. The van der Waals surface area contributed by atoms with Crippen LogP contribution in [0.4, 0.5) is 4.79 Å². The number of rotatable bonds is 4. The van der Waals surface area contributed by atoms with Crippen LogP contribution in [0.2, 0.25) is 0 Å². The van der Waals surface area contributed by atoms with Crippen molar-refractivity contribution in [3.63, 3.8) is 0 Å². The first-order valence-electron chi connectivity index (χ1n) is 6.33. The smallest absolute Gasteiger partial charge is 0.328 e. The maximum atomic E-state index is 11.6. The van der Waals surface area contributed by atoms with E-state index in [0.717, 1.165) is 19.3 Å². The summed E-state index contributed by atoms with van der Waals surface area (Å²) in [5.74, 6) is -0.114. The minimum Gasteiger partial charge on any atom is -0.480 e. The summed E-state index contributed by atoms with van der Waals surface area (Å²) in [5.41, 5.74) is 0. The molecule has 0 bridgehead atoms. The van der Waals surface area contributed by atoms with E-state index in [-0.39, 0.29) is 6.04 Å². The molecular formula is C12H22N2O4. The summed E-state index contributed by atoms with van der Waals surface area (Å²) in [6.07, 6.45) is 2.98. The van der Waals surface area contributed by atoms with E-state index in [1.165, 1.54) is 0 Å². The van der Waals surface area contributed by atoms with Crippen LogP contribution in [0.15, 0.2) is 0 Å². The van der Waals surface area contributed by atoms with Crippen LogP contribution in [0.1, 0.15) is 33.1 Å². The van der Waals surface area contributed by atoms with Gasteiger partial charge in [0.2, 0.25) is 0 Å². The highest BCUT2D eigenvalue weighted by Gasteiger charge is 2.26. The quantitative estimate of drug-likeness (QED) is 0.592. The fourth-order valence-electron chi connectivity index (χ4n) is 2.64. The van der Waals surface area contributed by atoms with Gasteiger partial charge in [-0.25, -0.2) is 9.59 Å². The number of aliphatic hydroxyl groups excluding tert-OH is 1. The Hall–Kier alpha value is -1.30. The van der Waals surface area contributed by atoms with Crippen LogP contribution in [0, 0.1) is 11.8 Å². The molecule has 2 amide bonds. The van der Waals surface area contributed by atoms with Gasteiger partial charge < -0.3 is 20.8 Å². The van der Waals surface area contributed by atoms with Gasteiger partial charge in [0.1, 0.15) is 0 Å². The molecule has 0 radical (unpaired) electrons. The van der Waals surface area contributed by atoms with Gasteiger partial charge in [0, 0.05) is 6.04 Å². The summed E-state index contributed by atoms with van der Waals surface area (Å²) >= 11 is 0. The first-order valence-corrected chi connectivity index (χ1v) is 6.33. The first-order chi connectivity index (χ1) is 8.42. The van der Waals surface area contributed by atoms with E-state index in [2.05, 4.69) is 24.5 Å². The maximum Gasteiger partial charge on any atom is 0.328 e. The van der Waals surface area contributed by atoms with Crippen LogP contribution in [0.25, 0.3) is 0 Å². The second-order valence-electron chi connectivity index (χ2n) is 5.31. The minimum atomic E-state index is -1.25. The van der Waals surface area contributed by atoms with Crippen LogP contribution in [0.5, 0.6) is 0 Å². The van der Waals surface area contributed by atoms with Crippen molar-refractivity contribution in [2.45, 2.75) is 45.2 Å². The number of carbonyl (C=O) groups is 2. The zero-order chi connectivity index (χ0) is 13.7. The average Bonchev–Trinajstić information content (AvgIpc) is 2.23. The van der Waals surface area contributed by atoms with E-state index in [1.54, 1.807) is 0 Å². The van der Waals surface area contributed by atoms with Crippen LogP contribution in [-0.2, 0) is 4.79 Å². The Morgan fingerprint density at radius 1 is 1.22 bits per heavy atom. The van der Waals surface area contributed by atoms with Gasteiger partial charge in [-0.05, 0) is 31.1 Å². The number of hydrogen-bond acceptors (Lipinski definition) is 3. The number of carboxylic acids is 1. The third-order valence-corrected chi connectivity index (χ3v) is 3.30. The van der Waals surface area contributed by atoms with Gasteiger partial charge in [-0.3, -0.25) is 0 Å². The third-order valence-electron chi connectivity index (χ3n) is 3.30. The molecule has 1 fully saturated rings. The highest BCUT2D eigenvalue weighted by Crippen LogP contribution is 2.28. The van der Waals surface area contributed by atoms with Crippen molar-refractivity contribution in [3.8, 4) is 0 Å². The molecule has 0 saturated heterocycles. The van der Waals surface area contributed by atoms with Crippen molar-refractivity contribution in [1.29, 1.82) is 0 Å². The predicted molar refractivity (Wildman–Crippen MR) is 66.1 cm³/mol. The monoisotopic (exact) mass is 258 g/mol. The summed E-state index contributed by atoms with van der Waals surface area (Å²) in [4.78, 5) is 22.3. The van der Waals surface area contributed by atoms with Gasteiger partial charge in [0.25, 0.3) is 0 Å². The van der Waals surface area contributed by atoms with Crippen molar-refractivity contribution in [3.05, 3.63) is 0 Å². The van der Waals surface area contributed by atoms with Crippen LogP contribution >= 0.6 is 0 Å². The van der Waals surface area contributed by atoms with Gasteiger partial charge in [-0.1, -0.05) is 13.8 Å². The molecule has 0 aromatic carbocycles. The van der Waals surface area contributed by atoms with Crippen molar-refractivity contribution in [1.82, 2.24) is 10.6 Å². The van der Waals surface area contributed by atoms with Gasteiger partial charge in [0.15, 0.2) is 6.04 Å². The lowest BCUT2D eigenvalue weighted by atomic mass is 9.80. The van der Waals surface area contributed by atoms with Gasteiger partial charge in [0.05, 0.1) is 6.61 Å². The molecule has 1 rings (SSSR count). The van der Waals surface area contributed by atoms with Gasteiger partial charge in [-0.2, -0.15) is 0 Å². The Kier molecular flexibility index (Phi) is 5.40. The molecule has 6 heteroatoms. The molecule has 0 aromatic rings. The van der Waals surface area contributed by atoms with E-state index in [0.29, 0.717) is 11.8 Å². The van der Waals surface area contributed by atoms with Crippen molar-refractivity contribution >= 4 is 12.0 Å². The summed E-state index contributed by atoms with van der Waals surface area (Å²) in [7, 11) is 0. The minimum absolute atomic E-state index is 0.0805. The van der Waals surface area contributed by atoms with E-state index >= 15 is 0 Å². The Bertz CT molecular complexity index is 298. The maximum absolute atomic E-state index is 11.6. The number of amides is 2. The molecule has 1 aliphatic carbocycles. The lowest BCUT2D eigenvalue weighted by Gasteiger charge is -2.32. The average molecular weight is 258 g/mol. The SMILES string of the molecule is CC1CC(C)CC(NC(=O)N[C@@H](CO)C(=O)O)C1. The number of aliphatic carboxylic acids is 1. The lowest BCUT2D eigenvalue weighted by molar-refractivity contribution is -0.140. The molecular weight excluding hydrogens is 236 g/mol. The van der Waals surface area contributed by atoms with Crippen LogP contribution in [-0.4, -0.2) is 40.9 Å². The third kappa shape index (κ3) is 4.52. The molecule has 104 valence electrons. The topological polar surface area (TPSA) is 98.7 Å². The number of nitrogens with one attached hydrogen (secondary N) is 2. The van der Waals surface area contributed by atoms with Crippen LogP contribution in [0.3, 0.4) is 0 Å². The Morgan fingerprint density at radius 3 is 2.22 bits per heavy atom. The Morgan fingerprint density at radius 2 is 1.78 bits per heavy atom. The molecule has 0 heterocycles. The van der Waals surface area contributed by atoms with Crippen LogP contribution < -0.4 is 10.6 Å². The predicted octanol–water partition coefficient (Wildman–Crippen LogP) is 0.556. The highest BCUT2D eigenvalue weighted by atomic mass is 16.4. The summed E-state index contributed by atoms with van der Waals surface area (Å²) < 4.78 is 0. The highest BCUT2D eigenvalue weighted by molar-refractivity contribution is 5.82. The van der Waals surface area contributed by atoms with E-state index < -0.39 is 24.6 Å². The number of aliphatic hydroxyl groups is 1. The Labute approximate surface area is 107 Å². The van der Waals surface area contributed by atoms with Gasteiger partial charge >= 0.3 is 12.0 Å². The second kappa shape index (κ2) is 6.58. The van der Waals surface area contributed by atoms with Crippen molar-refractivity contribution < 1.29 is 19.8 Å². The molecule has 4 N–H and O–H groups in total. The molecule has 18 heavy (non-hydrogen) atoms. The normalized spacial score (nSPS) is 29.4. The van der Waals surface area contributed by atoms with Crippen molar-refractivity contribution in [2.75, 3.05) is 6.61 Å². The molecule has 0 aromatic heterocycles. The lowest BCUT2D eigenvalue weighted by Crippen LogP contribution is -2.51. The molecule has 0 aliphatic heterocycles. The Balaban J connectivity index is 2.42. The number of carbonyl (C=O) groups excluding carboxylic acids is 1. The number of carboxylic acid groups (broad SMARTS) is 1. The molecule has 1 saturated carbocycles. The first kappa shape index (κ1) is 14.8. The second-order valence-corrected chi connectivity index (χ2v) is 5.31. The van der Waals surface area contributed by atoms with E-state index in [9.17, 15) is 9.59 Å². The summed E-state index contributed by atoms with van der Waals surface area (Å²) in [5, 5.41) is 22.5. The molecule has 1 aliphatic rings. The molecule has 2 unspecified atom stereocenters. The standard InChI is InChI=1S/C12H22N2O4/c1-7-3-8(2)5-9(4-7)13-12(18)14-10(6-15)11(16)17/h7-10,15H,3-6H2,1-2H3,(H,16,17)(H2,13,14,18)/t7?,8?,9?,10-/m0/s1. The van der Waals surface area contributed by atoms with Gasteiger partial charge in [-0.15, -0.1) is 0 Å². The van der Waals surface area contributed by atoms with E-state index in [1.807, 2.05) is 0 Å². The molecule has 3 atom stereocenters. The zero-order valence-electron chi connectivity index (χ0n) is 10.8. The fourth-order valence-corrected chi connectivity index (χ4v) is 2.64. The van der Waals surface area contributed by atoms with E-state index in [4.69, 9.17) is 10.2 Å². The fraction of sp³-hybridized carbons (Fsp3) is 0.833. The summed E-state index contributed by atoms with van der Waals surface area (Å²) in [6.45, 7) is 3.69. The number of hydrogen-bond donors (Lipinski definition) is 4.